The minimum atomic E-state index is -0.750. The van der Waals surface area contributed by atoms with Crippen LogP contribution in [0.25, 0.3) is 11.0 Å². The fourth-order valence-corrected chi connectivity index (χ4v) is 2.69. The first-order valence-corrected chi connectivity index (χ1v) is 8.28. The number of carbonyl (C=O) groups is 2. The Hall–Kier alpha value is -3.48. The van der Waals surface area contributed by atoms with Crippen molar-refractivity contribution in [1.29, 1.82) is 0 Å². The quantitative estimate of drug-likeness (QED) is 0.674. The largest absolute Gasteiger partial charge is 0.497 e. The molecule has 0 bridgehead atoms. The summed E-state index contributed by atoms with van der Waals surface area (Å²) in [5, 5.41) is 0. The van der Waals surface area contributed by atoms with Crippen LogP contribution in [0.4, 0.5) is 0 Å². The van der Waals surface area contributed by atoms with Crippen LogP contribution in [-0.2, 0) is 6.61 Å². The van der Waals surface area contributed by atoms with Crippen molar-refractivity contribution in [2.24, 2.45) is 5.73 Å². The summed E-state index contributed by atoms with van der Waals surface area (Å²) in [5.74, 6) is -0.174. The van der Waals surface area contributed by atoms with Crippen molar-refractivity contribution in [2.75, 3.05) is 7.11 Å². The van der Waals surface area contributed by atoms with Crippen molar-refractivity contribution in [2.45, 2.75) is 20.5 Å². The molecule has 0 saturated heterocycles. The van der Waals surface area contributed by atoms with Gasteiger partial charge in [-0.25, -0.2) is 9.97 Å². The van der Waals surface area contributed by atoms with Gasteiger partial charge in [-0.1, -0.05) is 12.1 Å². The van der Waals surface area contributed by atoms with E-state index in [1.807, 2.05) is 19.1 Å². The third-order valence-electron chi connectivity index (χ3n) is 4.03. The molecule has 0 fully saturated rings. The van der Waals surface area contributed by atoms with E-state index in [-0.39, 0.29) is 24.0 Å². The first kappa shape index (κ1) is 18.3. The molecule has 3 rings (SSSR count). The average molecular weight is 365 g/mol. The average Bonchev–Trinajstić information content (AvgIpc) is 2.65. The Morgan fingerprint density at radius 3 is 2.41 bits per heavy atom. The maximum absolute atomic E-state index is 12.0. The molecule has 3 aromatic rings. The summed E-state index contributed by atoms with van der Waals surface area (Å²) in [5.41, 5.74) is 8.28. The van der Waals surface area contributed by atoms with Crippen molar-refractivity contribution in [3.8, 4) is 11.6 Å². The molecule has 0 aliphatic rings. The number of hydrogen-bond donors (Lipinski definition) is 1. The molecule has 7 nitrogen and oxygen atoms in total. The SMILES string of the molecule is COc1ccc(COc2nc3c(C(C)=O)cc(C)cc3nc2C(N)=O)cc1. The first-order valence-electron chi connectivity index (χ1n) is 8.28. The lowest BCUT2D eigenvalue weighted by Crippen LogP contribution is -2.17. The zero-order chi connectivity index (χ0) is 19.6. The van der Waals surface area contributed by atoms with Gasteiger partial charge in [-0.15, -0.1) is 0 Å². The fourth-order valence-electron chi connectivity index (χ4n) is 2.69. The Kier molecular flexibility index (Phi) is 5.03. The zero-order valence-electron chi connectivity index (χ0n) is 15.3. The summed E-state index contributed by atoms with van der Waals surface area (Å²) in [7, 11) is 1.59. The Morgan fingerprint density at radius 1 is 1.11 bits per heavy atom. The van der Waals surface area contributed by atoms with Crippen LogP contribution >= 0.6 is 0 Å². The highest BCUT2D eigenvalue weighted by atomic mass is 16.5. The Balaban J connectivity index is 2.02. The summed E-state index contributed by atoms with van der Waals surface area (Å²) in [6.45, 7) is 3.45. The Bertz CT molecular complexity index is 1030. The summed E-state index contributed by atoms with van der Waals surface area (Å²) in [6.07, 6.45) is 0. The van der Waals surface area contributed by atoms with Gasteiger partial charge in [0.05, 0.1) is 12.6 Å². The van der Waals surface area contributed by atoms with Crippen LogP contribution in [0.2, 0.25) is 0 Å². The van der Waals surface area contributed by atoms with Crippen LogP contribution in [0.5, 0.6) is 11.6 Å². The molecule has 0 saturated carbocycles. The number of aryl methyl sites for hydroxylation is 1. The van der Waals surface area contributed by atoms with Gasteiger partial charge in [0.1, 0.15) is 17.9 Å². The van der Waals surface area contributed by atoms with Gasteiger partial charge in [0.15, 0.2) is 11.5 Å². The second-order valence-electron chi connectivity index (χ2n) is 6.11. The van der Waals surface area contributed by atoms with Crippen LogP contribution in [0.1, 0.15) is 38.9 Å². The molecule has 1 heterocycles. The van der Waals surface area contributed by atoms with Gasteiger partial charge < -0.3 is 15.2 Å². The van der Waals surface area contributed by atoms with E-state index in [0.717, 1.165) is 16.9 Å². The number of ether oxygens (including phenoxy) is 2. The standard InChI is InChI=1S/C20H19N3O4/c1-11-8-15(12(2)24)17-16(9-11)22-18(19(21)25)20(23-17)27-10-13-4-6-14(26-3)7-5-13/h4-9H,10H2,1-3H3,(H2,21,25). The molecule has 27 heavy (non-hydrogen) atoms. The normalized spacial score (nSPS) is 10.6. The molecule has 1 amide bonds. The predicted octanol–water partition coefficient (Wildman–Crippen LogP) is 2.83. The number of hydrogen-bond acceptors (Lipinski definition) is 6. The summed E-state index contributed by atoms with van der Waals surface area (Å²) >= 11 is 0. The summed E-state index contributed by atoms with van der Waals surface area (Å²) in [6, 6.07) is 10.8. The number of nitrogens with two attached hydrogens (primary N) is 1. The van der Waals surface area contributed by atoms with Crippen LogP contribution in [0.15, 0.2) is 36.4 Å². The molecular formula is C20H19N3O4. The second kappa shape index (κ2) is 7.41. The number of Topliss-reactive ketones (excluding diaryl/α,β-unsaturated/α-hetero) is 1. The number of nitrogens with zero attached hydrogens (tertiary/aromatic N) is 2. The number of benzene rings is 2. The van der Waals surface area contributed by atoms with Gasteiger partial charge in [-0.2, -0.15) is 0 Å². The summed E-state index contributed by atoms with van der Waals surface area (Å²) in [4.78, 5) is 32.5. The number of amides is 1. The van der Waals surface area contributed by atoms with Crippen LogP contribution in [0.3, 0.4) is 0 Å². The third-order valence-corrected chi connectivity index (χ3v) is 4.03. The summed E-state index contributed by atoms with van der Waals surface area (Å²) < 4.78 is 10.8. The van der Waals surface area contributed by atoms with Crippen molar-refractivity contribution in [3.05, 3.63) is 58.8 Å². The Morgan fingerprint density at radius 2 is 1.81 bits per heavy atom. The highest BCUT2D eigenvalue weighted by Gasteiger charge is 2.18. The maximum atomic E-state index is 12.0. The van der Waals surface area contributed by atoms with E-state index < -0.39 is 5.91 Å². The molecule has 1 aromatic heterocycles. The van der Waals surface area contributed by atoms with Gasteiger partial charge in [0.25, 0.3) is 5.91 Å². The number of carbonyl (C=O) groups excluding carboxylic acids is 2. The number of ketones is 1. The Labute approximate surface area is 156 Å². The third kappa shape index (κ3) is 3.87. The van der Waals surface area contributed by atoms with E-state index in [1.54, 1.807) is 31.4 Å². The number of methoxy groups -OCH3 is 1. The molecule has 138 valence electrons. The van der Waals surface area contributed by atoms with E-state index in [1.165, 1.54) is 6.92 Å². The van der Waals surface area contributed by atoms with Crippen LogP contribution in [0, 0.1) is 6.92 Å². The van der Waals surface area contributed by atoms with E-state index in [0.29, 0.717) is 16.6 Å². The van der Waals surface area contributed by atoms with Crippen molar-refractivity contribution < 1.29 is 19.1 Å². The van der Waals surface area contributed by atoms with Gasteiger partial charge in [0.2, 0.25) is 5.88 Å². The van der Waals surface area contributed by atoms with Crippen molar-refractivity contribution >= 4 is 22.7 Å². The van der Waals surface area contributed by atoms with Crippen LogP contribution in [-0.4, -0.2) is 28.8 Å². The predicted molar refractivity (Wildman–Crippen MR) is 100 cm³/mol. The monoisotopic (exact) mass is 365 g/mol. The number of rotatable bonds is 6. The lowest BCUT2D eigenvalue weighted by molar-refractivity contribution is 0.0988. The van der Waals surface area contributed by atoms with Gasteiger partial charge in [-0.05, 0) is 49.2 Å². The molecule has 0 spiro atoms. The number of fused-ring (bicyclic) bond motifs is 1. The molecule has 0 unspecified atom stereocenters. The van der Waals surface area contributed by atoms with E-state index in [9.17, 15) is 9.59 Å². The molecule has 2 N–H and O–H groups in total. The van der Waals surface area contributed by atoms with Gasteiger partial charge >= 0.3 is 0 Å². The molecule has 0 aliphatic heterocycles. The molecule has 2 aromatic carbocycles. The molecule has 7 heteroatoms. The second-order valence-corrected chi connectivity index (χ2v) is 6.11. The highest BCUT2D eigenvalue weighted by molar-refractivity contribution is 6.06. The van der Waals surface area contributed by atoms with E-state index in [4.69, 9.17) is 15.2 Å². The van der Waals surface area contributed by atoms with Gasteiger partial charge in [-0.3, -0.25) is 9.59 Å². The van der Waals surface area contributed by atoms with Crippen molar-refractivity contribution in [1.82, 2.24) is 9.97 Å². The molecular weight excluding hydrogens is 346 g/mol. The number of primary amides is 1. The highest BCUT2D eigenvalue weighted by Crippen LogP contribution is 2.24. The topological polar surface area (TPSA) is 104 Å². The number of aromatic nitrogens is 2. The maximum Gasteiger partial charge on any atom is 0.272 e. The molecule has 0 aliphatic carbocycles. The molecule has 0 atom stereocenters. The lowest BCUT2D eigenvalue weighted by atomic mass is 10.1. The lowest BCUT2D eigenvalue weighted by Gasteiger charge is -2.12. The van der Waals surface area contributed by atoms with E-state index >= 15 is 0 Å². The molecule has 0 radical (unpaired) electrons. The van der Waals surface area contributed by atoms with Crippen molar-refractivity contribution in [3.63, 3.8) is 0 Å². The first-order chi connectivity index (χ1) is 12.9. The zero-order valence-corrected chi connectivity index (χ0v) is 15.3. The minimum Gasteiger partial charge on any atom is -0.497 e. The van der Waals surface area contributed by atoms with Gasteiger partial charge in [0, 0.05) is 5.56 Å². The smallest absolute Gasteiger partial charge is 0.272 e. The fraction of sp³-hybridized carbons (Fsp3) is 0.200. The van der Waals surface area contributed by atoms with E-state index in [2.05, 4.69) is 9.97 Å². The minimum absolute atomic E-state index is 0.00262. The van der Waals surface area contributed by atoms with Crippen LogP contribution < -0.4 is 15.2 Å².